The Morgan fingerprint density at radius 2 is 1.81 bits per heavy atom. The Hall–Kier alpha value is -2.77. The molecule has 2 fully saturated rings. The van der Waals surface area contributed by atoms with Crippen LogP contribution < -0.4 is 5.56 Å². The Kier molecular flexibility index (Phi) is 6.58. The number of hydrogen-bond acceptors (Lipinski definition) is 4. The minimum absolute atomic E-state index is 0. The molecule has 5 rings (SSSR count). The summed E-state index contributed by atoms with van der Waals surface area (Å²) >= 11 is 0. The van der Waals surface area contributed by atoms with Crippen molar-refractivity contribution in [2.45, 2.75) is 19.3 Å². The number of fused-ring (bicyclic) bond motifs is 1. The normalized spacial score (nSPS) is 16.7. The largest absolute Gasteiger partial charge is 0.338 e. The molecular weight excluding hydrogens is 431 g/mol. The Bertz CT molecular complexity index is 1190. The van der Waals surface area contributed by atoms with Crippen LogP contribution in [0, 0.1) is 11.7 Å². The summed E-state index contributed by atoms with van der Waals surface area (Å²) in [5.74, 6) is -0.280. The molecule has 168 valence electrons. The van der Waals surface area contributed by atoms with Gasteiger partial charge in [0, 0.05) is 37.4 Å². The van der Waals surface area contributed by atoms with Gasteiger partial charge in [-0.3, -0.25) is 9.59 Å². The molecule has 0 spiro atoms. The monoisotopic (exact) mass is 456 g/mol. The van der Waals surface area contributed by atoms with Crippen molar-refractivity contribution < 1.29 is 9.18 Å². The predicted molar refractivity (Wildman–Crippen MR) is 124 cm³/mol. The topological polar surface area (TPSA) is 69.3 Å². The van der Waals surface area contributed by atoms with Crippen molar-refractivity contribution in [1.29, 1.82) is 0 Å². The average Bonchev–Trinajstić information content (AvgIpc) is 3.27. The first-order chi connectivity index (χ1) is 15.1. The number of aromatic amines is 1. The first kappa shape index (κ1) is 22.4. The summed E-state index contributed by atoms with van der Waals surface area (Å²) in [6.45, 7) is 4.69. The lowest BCUT2D eigenvalue weighted by Crippen LogP contribution is -2.53. The highest BCUT2D eigenvalue weighted by atomic mass is 35.5. The number of carbonyl (C=O) groups excluding carboxylic acids is 1. The van der Waals surface area contributed by atoms with Gasteiger partial charge in [-0.1, -0.05) is 24.3 Å². The zero-order valence-electron chi connectivity index (χ0n) is 17.7. The fourth-order valence-corrected chi connectivity index (χ4v) is 4.70. The van der Waals surface area contributed by atoms with E-state index in [1.54, 1.807) is 29.2 Å². The van der Waals surface area contributed by atoms with Crippen molar-refractivity contribution in [3.05, 3.63) is 75.5 Å². The van der Waals surface area contributed by atoms with E-state index in [9.17, 15) is 14.0 Å². The number of carbonyl (C=O) groups is 1. The number of amides is 1. The summed E-state index contributed by atoms with van der Waals surface area (Å²) in [6, 6.07) is 11.9. The fourth-order valence-electron chi connectivity index (χ4n) is 4.70. The Morgan fingerprint density at radius 1 is 1.09 bits per heavy atom. The second-order valence-electron chi connectivity index (χ2n) is 8.62. The molecule has 32 heavy (non-hydrogen) atoms. The van der Waals surface area contributed by atoms with Gasteiger partial charge in [-0.25, -0.2) is 9.49 Å². The summed E-state index contributed by atoms with van der Waals surface area (Å²) in [7, 11) is 0. The number of nitrogens with one attached hydrogen (secondary N) is 1. The molecule has 1 N–H and O–H groups in total. The zero-order valence-corrected chi connectivity index (χ0v) is 18.5. The third kappa shape index (κ3) is 4.40. The highest BCUT2D eigenvalue weighted by Crippen LogP contribution is 2.24. The number of aromatic nitrogens is 2. The van der Waals surface area contributed by atoms with Crippen LogP contribution >= 0.6 is 12.4 Å². The number of benzene rings is 2. The third-order valence-corrected chi connectivity index (χ3v) is 6.37. The van der Waals surface area contributed by atoms with E-state index in [1.165, 1.54) is 18.9 Å². The Balaban J connectivity index is 0.00000245. The quantitative estimate of drug-likeness (QED) is 0.640. The molecule has 2 saturated heterocycles. The van der Waals surface area contributed by atoms with E-state index in [4.69, 9.17) is 0 Å². The lowest BCUT2D eigenvalue weighted by molar-refractivity contribution is 0.0428. The molecule has 2 aliphatic heterocycles. The van der Waals surface area contributed by atoms with Crippen LogP contribution in [0.1, 0.15) is 34.5 Å². The van der Waals surface area contributed by atoms with E-state index in [-0.39, 0.29) is 29.4 Å². The van der Waals surface area contributed by atoms with Crippen LogP contribution in [0.25, 0.3) is 10.8 Å². The summed E-state index contributed by atoms with van der Waals surface area (Å²) in [5.41, 5.74) is 1.33. The van der Waals surface area contributed by atoms with E-state index >= 15 is 0 Å². The SMILES string of the molecule is Cl.O=C(c1cc(Cc2n[nH]c(=O)c3ccccc23)ccc1F)N1CC(CN2CCCC2)C1. The van der Waals surface area contributed by atoms with Crippen molar-refractivity contribution in [2.75, 3.05) is 32.7 Å². The molecule has 3 aromatic rings. The maximum Gasteiger partial charge on any atom is 0.272 e. The van der Waals surface area contributed by atoms with E-state index in [0.717, 1.165) is 30.6 Å². The van der Waals surface area contributed by atoms with Crippen LogP contribution in [-0.4, -0.2) is 58.6 Å². The van der Waals surface area contributed by atoms with Crippen LogP contribution in [0.4, 0.5) is 4.39 Å². The van der Waals surface area contributed by atoms with Gasteiger partial charge in [0.2, 0.25) is 0 Å². The van der Waals surface area contributed by atoms with Crippen LogP contribution in [0.5, 0.6) is 0 Å². The molecule has 0 radical (unpaired) electrons. The molecule has 3 heterocycles. The van der Waals surface area contributed by atoms with Gasteiger partial charge in [0.15, 0.2) is 0 Å². The first-order valence-corrected chi connectivity index (χ1v) is 10.8. The summed E-state index contributed by atoms with van der Waals surface area (Å²) in [5, 5.41) is 8.04. The minimum atomic E-state index is -0.504. The number of hydrogen-bond donors (Lipinski definition) is 1. The van der Waals surface area contributed by atoms with Crippen molar-refractivity contribution in [1.82, 2.24) is 20.0 Å². The summed E-state index contributed by atoms with van der Waals surface area (Å²) < 4.78 is 14.5. The van der Waals surface area contributed by atoms with E-state index in [2.05, 4.69) is 15.1 Å². The van der Waals surface area contributed by atoms with Crippen LogP contribution in [0.15, 0.2) is 47.3 Å². The van der Waals surface area contributed by atoms with E-state index in [0.29, 0.717) is 36.5 Å². The molecule has 2 aromatic carbocycles. The number of H-pyrrole nitrogens is 1. The van der Waals surface area contributed by atoms with Crippen molar-refractivity contribution >= 4 is 29.1 Å². The smallest absolute Gasteiger partial charge is 0.272 e. The average molecular weight is 457 g/mol. The fraction of sp³-hybridized carbons (Fsp3) is 0.375. The van der Waals surface area contributed by atoms with Crippen LogP contribution in [0.3, 0.4) is 0 Å². The standard InChI is InChI=1S/C24H25FN4O2.ClH/c25-21-8-7-16(12-22-18-5-1-2-6-19(18)23(30)27-26-22)11-20(21)24(31)29-14-17(15-29)13-28-9-3-4-10-28;/h1-2,5-8,11,17H,3-4,9-10,12-15H2,(H,27,30);1H. The summed E-state index contributed by atoms with van der Waals surface area (Å²) in [6.07, 6.45) is 2.91. The molecule has 0 saturated carbocycles. The highest BCUT2D eigenvalue weighted by Gasteiger charge is 2.33. The Labute approximate surface area is 191 Å². The van der Waals surface area contributed by atoms with Crippen molar-refractivity contribution in [3.63, 3.8) is 0 Å². The van der Waals surface area contributed by atoms with Gasteiger partial charge >= 0.3 is 0 Å². The number of likely N-dealkylation sites (tertiary alicyclic amines) is 2. The lowest BCUT2D eigenvalue weighted by Gasteiger charge is -2.41. The predicted octanol–water partition coefficient (Wildman–Crippen LogP) is 3.24. The van der Waals surface area contributed by atoms with Gasteiger partial charge in [0.05, 0.1) is 16.6 Å². The second-order valence-corrected chi connectivity index (χ2v) is 8.62. The van der Waals surface area contributed by atoms with E-state index < -0.39 is 5.82 Å². The van der Waals surface area contributed by atoms with Gasteiger partial charge in [-0.15, -0.1) is 12.4 Å². The molecule has 8 heteroatoms. The maximum atomic E-state index is 14.5. The van der Waals surface area contributed by atoms with Gasteiger partial charge in [0.25, 0.3) is 11.5 Å². The van der Waals surface area contributed by atoms with Gasteiger partial charge < -0.3 is 9.80 Å². The molecular formula is C24H26ClFN4O2. The Morgan fingerprint density at radius 3 is 2.56 bits per heavy atom. The molecule has 6 nitrogen and oxygen atoms in total. The zero-order chi connectivity index (χ0) is 21.4. The van der Waals surface area contributed by atoms with Crippen molar-refractivity contribution in [3.8, 4) is 0 Å². The highest BCUT2D eigenvalue weighted by molar-refractivity contribution is 5.95. The van der Waals surface area contributed by atoms with Crippen LogP contribution in [0.2, 0.25) is 0 Å². The third-order valence-electron chi connectivity index (χ3n) is 6.37. The lowest BCUT2D eigenvalue weighted by atomic mass is 9.97. The van der Waals surface area contributed by atoms with Gasteiger partial charge in [0.1, 0.15) is 5.82 Å². The van der Waals surface area contributed by atoms with E-state index in [1.807, 2.05) is 12.1 Å². The van der Waals surface area contributed by atoms with Crippen molar-refractivity contribution in [2.24, 2.45) is 5.92 Å². The van der Waals surface area contributed by atoms with Gasteiger partial charge in [-0.2, -0.15) is 5.10 Å². The van der Waals surface area contributed by atoms with Gasteiger partial charge in [-0.05, 0) is 49.7 Å². The molecule has 2 aliphatic rings. The molecule has 0 aliphatic carbocycles. The first-order valence-electron chi connectivity index (χ1n) is 10.8. The molecule has 1 aromatic heterocycles. The summed E-state index contributed by atoms with van der Waals surface area (Å²) in [4.78, 5) is 29.1. The molecule has 0 atom stereocenters. The second kappa shape index (κ2) is 9.38. The minimum Gasteiger partial charge on any atom is -0.338 e. The van der Waals surface area contributed by atoms with Crippen LogP contribution in [-0.2, 0) is 6.42 Å². The number of halogens is 2. The molecule has 0 unspecified atom stereocenters. The number of rotatable bonds is 5. The maximum absolute atomic E-state index is 14.5. The molecule has 0 bridgehead atoms. The molecule has 1 amide bonds. The number of nitrogens with zero attached hydrogens (tertiary/aromatic N) is 3.